The molecule has 0 unspecified atom stereocenters. The van der Waals surface area contributed by atoms with Gasteiger partial charge in [0, 0.05) is 39.1 Å². The fraction of sp³-hybridized carbons (Fsp3) is 0.435. The summed E-state index contributed by atoms with van der Waals surface area (Å²) in [5.74, 6) is 0.0431. The van der Waals surface area contributed by atoms with Crippen LogP contribution in [0.5, 0.6) is 5.75 Å². The SMILES string of the molecule is Cc1ccccc1CN1CCCN(C(=O)CCCOc2ccccc2F)CC1. The number of hydrogen-bond acceptors (Lipinski definition) is 3. The zero-order valence-corrected chi connectivity index (χ0v) is 16.6. The van der Waals surface area contributed by atoms with E-state index in [1.54, 1.807) is 18.2 Å². The molecule has 3 rings (SSSR count). The van der Waals surface area contributed by atoms with E-state index in [0.29, 0.717) is 19.4 Å². The van der Waals surface area contributed by atoms with Crippen LogP contribution >= 0.6 is 0 Å². The normalized spacial score (nSPS) is 15.3. The van der Waals surface area contributed by atoms with Crippen molar-refractivity contribution in [3.05, 3.63) is 65.5 Å². The number of carbonyl (C=O) groups excluding carboxylic acids is 1. The molecule has 0 aromatic heterocycles. The van der Waals surface area contributed by atoms with E-state index >= 15 is 0 Å². The Kier molecular flexibility index (Phi) is 7.43. The molecule has 5 heteroatoms. The topological polar surface area (TPSA) is 32.8 Å². The second-order valence-corrected chi connectivity index (χ2v) is 7.32. The van der Waals surface area contributed by atoms with E-state index in [-0.39, 0.29) is 17.5 Å². The van der Waals surface area contributed by atoms with Gasteiger partial charge >= 0.3 is 0 Å². The van der Waals surface area contributed by atoms with E-state index in [2.05, 4.69) is 36.1 Å². The number of rotatable bonds is 7. The molecule has 2 aromatic rings. The van der Waals surface area contributed by atoms with Gasteiger partial charge in [-0.15, -0.1) is 0 Å². The fourth-order valence-electron chi connectivity index (χ4n) is 3.53. The summed E-state index contributed by atoms with van der Waals surface area (Å²) in [6, 6.07) is 14.8. The van der Waals surface area contributed by atoms with Gasteiger partial charge in [0.15, 0.2) is 11.6 Å². The number of aryl methyl sites for hydroxylation is 1. The van der Waals surface area contributed by atoms with Crippen LogP contribution < -0.4 is 4.74 Å². The summed E-state index contributed by atoms with van der Waals surface area (Å²) < 4.78 is 19.0. The smallest absolute Gasteiger partial charge is 0.222 e. The van der Waals surface area contributed by atoms with Gasteiger partial charge in [0.25, 0.3) is 0 Å². The van der Waals surface area contributed by atoms with E-state index in [9.17, 15) is 9.18 Å². The van der Waals surface area contributed by atoms with Gasteiger partial charge in [0.2, 0.25) is 5.91 Å². The number of carbonyl (C=O) groups is 1. The van der Waals surface area contributed by atoms with Crippen LogP contribution in [0.1, 0.15) is 30.4 Å². The van der Waals surface area contributed by atoms with Crippen molar-refractivity contribution in [1.29, 1.82) is 0 Å². The average molecular weight is 384 g/mol. The Hall–Kier alpha value is -2.40. The molecule has 1 fully saturated rings. The molecule has 0 spiro atoms. The maximum atomic E-state index is 13.5. The zero-order chi connectivity index (χ0) is 19.8. The maximum Gasteiger partial charge on any atom is 0.222 e. The zero-order valence-electron chi connectivity index (χ0n) is 16.6. The second kappa shape index (κ2) is 10.2. The van der Waals surface area contributed by atoms with E-state index in [1.165, 1.54) is 17.2 Å². The minimum atomic E-state index is -0.366. The highest BCUT2D eigenvalue weighted by Gasteiger charge is 2.19. The quantitative estimate of drug-likeness (QED) is 0.676. The monoisotopic (exact) mass is 384 g/mol. The summed E-state index contributed by atoms with van der Waals surface area (Å²) in [6.07, 6.45) is 2.02. The Morgan fingerprint density at radius 3 is 2.64 bits per heavy atom. The molecule has 0 N–H and O–H groups in total. The second-order valence-electron chi connectivity index (χ2n) is 7.32. The van der Waals surface area contributed by atoms with Crippen LogP contribution in [0.4, 0.5) is 4.39 Å². The van der Waals surface area contributed by atoms with Gasteiger partial charge in [-0.1, -0.05) is 36.4 Å². The van der Waals surface area contributed by atoms with Gasteiger partial charge in [-0.05, 0) is 43.0 Å². The Balaban J connectivity index is 1.40. The first kappa shape index (κ1) is 20.3. The first-order valence-electron chi connectivity index (χ1n) is 10.1. The van der Waals surface area contributed by atoms with E-state index in [4.69, 9.17) is 4.74 Å². The summed E-state index contributed by atoms with van der Waals surface area (Å²) in [6.45, 7) is 6.90. The summed E-state index contributed by atoms with van der Waals surface area (Å²) >= 11 is 0. The lowest BCUT2D eigenvalue weighted by molar-refractivity contribution is -0.131. The van der Waals surface area contributed by atoms with Gasteiger partial charge < -0.3 is 9.64 Å². The van der Waals surface area contributed by atoms with Crippen molar-refractivity contribution < 1.29 is 13.9 Å². The maximum absolute atomic E-state index is 13.5. The Morgan fingerprint density at radius 2 is 1.82 bits per heavy atom. The summed E-state index contributed by atoms with van der Waals surface area (Å²) in [5.41, 5.74) is 2.67. The highest BCUT2D eigenvalue weighted by atomic mass is 19.1. The number of halogens is 1. The fourth-order valence-corrected chi connectivity index (χ4v) is 3.53. The molecular weight excluding hydrogens is 355 g/mol. The third-order valence-corrected chi connectivity index (χ3v) is 5.23. The number of nitrogens with zero attached hydrogens (tertiary/aromatic N) is 2. The van der Waals surface area contributed by atoms with Crippen molar-refractivity contribution >= 4 is 5.91 Å². The van der Waals surface area contributed by atoms with E-state index < -0.39 is 0 Å². The first-order chi connectivity index (χ1) is 13.6. The molecule has 2 aromatic carbocycles. The summed E-state index contributed by atoms with van der Waals surface area (Å²) in [7, 11) is 0. The number of hydrogen-bond donors (Lipinski definition) is 0. The van der Waals surface area contributed by atoms with Crippen LogP contribution in [0.3, 0.4) is 0 Å². The highest BCUT2D eigenvalue weighted by molar-refractivity contribution is 5.76. The lowest BCUT2D eigenvalue weighted by Gasteiger charge is -2.22. The highest BCUT2D eigenvalue weighted by Crippen LogP contribution is 2.16. The molecule has 4 nitrogen and oxygen atoms in total. The Labute approximate surface area is 166 Å². The molecule has 0 saturated carbocycles. The van der Waals surface area contributed by atoms with Crippen molar-refractivity contribution in [2.24, 2.45) is 0 Å². The van der Waals surface area contributed by atoms with Crippen molar-refractivity contribution in [3.8, 4) is 5.75 Å². The molecule has 0 radical (unpaired) electrons. The minimum Gasteiger partial charge on any atom is -0.491 e. The molecular formula is C23H29FN2O2. The molecule has 1 amide bonds. The molecule has 1 aliphatic heterocycles. The molecule has 1 heterocycles. The van der Waals surface area contributed by atoms with Crippen LogP contribution in [0.15, 0.2) is 48.5 Å². The number of para-hydroxylation sites is 1. The van der Waals surface area contributed by atoms with Crippen molar-refractivity contribution in [1.82, 2.24) is 9.80 Å². The van der Waals surface area contributed by atoms with Crippen LogP contribution in [0, 0.1) is 12.7 Å². The van der Waals surface area contributed by atoms with Crippen LogP contribution in [0.2, 0.25) is 0 Å². The molecule has 150 valence electrons. The van der Waals surface area contributed by atoms with Gasteiger partial charge in [-0.3, -0.25) is 9.69 Å². The largest absolute Gasteiger partial charge is 0.491 e. The molecule has 1 aliphatic rings. The third kappa shape index (κ3) is 5.80. The van der Waals surface area contributed by atoms with Crippen LogP contribution in [-0.4, -0.2) is 48.5 Å². The lowest BCUT2D eigenvalue weighted by Crippen LogP contribution is -2.35. The van der Waals surface area contributed by atoms with Gasteiger partial charge in [0.05, 0.1) is 6.61 Å². The van der Waals surface area contributed by atoms with Crippen molar-refractivity contribution in [2.45, 2.75) is 32.7 Å². The first-order valence-corrected chi connectivity index (χ1v) is 10.1. The number of amides is 1. The van der Waals surface area contributed by atoms with Crippen LogP contribution in [0.25, 0.3) is 0 Å². The minimum absolute atomic E-state index is 0.162. The lowest BCUT2D eigenvalue weighted by atomic mass is 10.1. The number of ether oxygens (including phenoxy) is 1. The van der Waals surface area contributed by atoms with E-state index in [1.807, 2.05) is 4.90 Å². The van der Waals surface area contributed by atoms with Crippen molar-refractivity contribution in [2.75, 3.05) is 32.8 Å². The predicted octanol–water partition coefficient (Wildman–Crippen LogP) is 4.03. The molecule has 0 atom stereocenters. The van der Waals surface area contributed by atoms with Gasteiger partial charge in [-0.2, -0.15) is 0 Å². The van der Waals surface area contributed by atoms with E-state index in [0.717, 1.165) is 39.1 Å². The third-order valence-electron chi connectivity index (χ3n) is 5.23. The summed E-state index contributed by atoms with van der Waals surface area (Å²) in [5, 5.41) is 0. The van der Waals surface area contributed by atoms with Gasteiger partial charge in [-0.25, -0.2) is 4.39 Å². The van der Waals surface area contributed by atoms with Crippen LogP contribution in [-0.2, 0) is 11.3 Å². The Bertz CT molecular complexity index is 781. The molecule has 0 aliphatic carbocycles. The summed E-state index contributed by atoms with van der Waals surface area (Å²) in [4.78, 5) is 16.9. The average Bonchev–Trinajstić information content (AvgIpc) is 2.94. The standard InChI is InChI=1S/C23H29FN2O2/c1-19-8-2-3-9-20(19)18-25-13-7-14-26(16-15-25)23(27)12-6-17-28-22-11-5-4-10-21(22)24/h2-5,8-11H,6-7,12-18H2,1H3. The predicted molar refractivity (Wildman–Crippen MR) is 109 cm³/mol. The molecule has 0 bridgehead atoms. The number of benzene rings is 2. The Morgan fingerprint density at radius 1 is 1.04 bits per heavy atom. The molecule has 1 saturated heterocycles. The molecule has 28 heavy (non-hydrogen) atoms. The van der Waals surface area contributed by atoms with Crippen molar-refractivity contribution in [3.63, 3.8) is 0 Å². The van der Waals surface area contributed by atoms with Gasteiger partial charge in [0.1, 0.15) is 0 Å².